The molecule has 12 aromatic carbocycles. The van der Waals surface area contributed by atoms with E-state index in [1.165, 1.54) is 16.7 Å². The van der Waals surface area contributed by atoms with Crippen LogP contribution in [0.3, 0.4) is 0 Å². The van der Waals surface area contributed by atoms with E-state index in [4.69, 9.17) is 14.8 Å². The number of rotatable bonds is 14. The van der Waals surface area contributed by atoms with E-state index in [0.717, 1.165) is 111 Å². The minimum atomic E-state index is -0.276. The van der Waals surface area contributed by atoms with Crippen LogP contribution in [0, 0.1) is 18.5 Å². The van der Waals surface area contributed by atoms with Crippen molar-refractivity contribution in [3.63, 3.8) is 0 Å². The molecule has 0 aliphatic rings. The first-order valence-electron chi connectivity index (χ1n) is 33.0. The average Bonchev–Trinajstić information content (AvgIpc) is 1.74. The number of hydrogen-bond acceptors (Lipinski definition) is 3. The Kier molecular flexibility index (Phi) is 17.1. The molecule has 476 valence electrons. The fourth-order valence-corrected chi connectivity index (χ4v) is 13.2. The zero-order valence-electron chi connectivity index (χ0n) is 55.8. The van der Waals surface area contributed by atoms with Gasteiger partial charge in [-0.2, -0.15) is 22.9 Å². The first-order valence-corrected chi connectivity index (χ1v) is 33.0. The van der Waals surface area contributed by atoms with Crippen LogP contribution in [0.15, 0.2) is 297 Å². The fraction of sp³-hybridized carbons (Fsp3) is 0.122. The SMILES string of the molecule is CC(C)(C)c1cc(-[n+]2[c-]n(-c3[c-]c(Oc4[c-]c5c(cc4)c4ccccc4n5-c4cc(C(C)(C)c5ccccc5)ccn4)ccc3)nc2-c2c(-c3cc(-c4ccccc4)cc(-c4ccccc4)c3)cccc2-c2cc(-c3ccccc3)cc(-c3ccccc3)c2)cc(C(C)(C)C)c1.[Pt]. The summed E-state index contributed by atoms with van der Waals surface area (Å²) in [4.78, 5) is 5.03. The number of hydrogen-bond donors (Lipinski definition) is 0. The molecule has 0 saturated heterocycles. The number of benzene rings is 12. The molecule has 7 heteroatoms. The maximum absolute atomic E-state index is 6.92. The summed E-state index contributed by atoms with van der Waals surface area (Å²) in [6, 6.07) is 111. The first kappa shape index (κ1) is 63.6. The van der Waals surface area contributed by atoms with Crippen LogP contribution < -0.4 is 9.30 Å². The van der Waals surface area contributed by atoms with E-state index >= 15 is 0 Å². The van der Waals surface area contributed by atoms with Crippen molar-refractivity contribution in [1.82, 2.24) is 19.3 Å². The summed E-state index contributed by atoms with van der Waals surface area (Å²) in [6.07, 6.45) is 5.79. The van der Waals surface area contributed by atoms with E-state index in [0.29, 0.717) is 23.0 Å². The molecular weight excluding hydrogens is 1360 g/mol. The van der Waals surface area contributed by atoms with Crippen molar-refractivity contribution in [1.29, 1.82) is 0 Å². The van der Waals surface area contributed by atoms with Crippen molar-refractivity contribution in [3.8, 4) is 107 Å². The summed E-state index contributed by atoms with van der Waals surface area (Å²) in [5, 5.41) is 7.97. The zero-order chi connectivity index (χ0) is 65.7. The molecule has 0 aliphatic carbocycles. The molecule has 0 saturated carbocycles. The molecule has 0 fully saturated rings. The third kappa shape index (κ3) is 12.7. The van der Waals surface area contributed by atoms with Crippen molar-refractivity contribution in [2.24, 2.45) is 0 Å². The van der Waals surface area contributed by atoms with Crippen LogP contribution >= 0.6 is 0 Å². The van der Waals surface area contributed by atoms with Gasteiger partial charge in [-0.25, -0.2) is 4.98 Å². The summed E-state index contributed by atoms with van der Waals surface area (Å²) in [5.41, 5.74) is 21.6. The molecule has 0 atom stereocenters. The van der Waals surface area contributed by atoms with Gasteiger partial charge in [-0.1, -0.05) is 267 Å². The van der Waals surface area contributed by atoms with Crippen LogP contribution in [0.5, 0.6) is 11.5 Å². The normalized spacial score (nSPS) is 11.8. The van der Waals surface area contributed by atoms with E-state index in [1.54, 1.807) is 0 Å². The van der Waals surface area contributed by atoms with Crippen LogP contribution in [-0.4, -0.2) is 19.3 Å². The van der Waals surface area contributed by atoms with Gasteiger partial charge in [0.1, 0.15) is 5.82 Å². The second-order valence-corrected chi connectivity index (χ2v) is 27.6. The Balaban J connectivity index is 0.00000807. The first-order chi connectivity index (χ1) is 46.6. The summed E-state index contributed by atoms with van der Waals surface area (Å²) in [6.45, 7) is 18.3. The van der Waals surface area contributed by atoms with Crippen molar-refractivity contribution >= 4 is 21.8 Å². The Hall–Kier alpha value is -10.8. The minimum Gasteiger partial charge on any atom is -0.510 e. The summed E-state index contributed by atoms with van der Waals surface area (Å²) < 4.78 is 13.1. The van der Waals surface area contributed by atoms with Crippen LogP contribution in [-0.2, 0) is 37.3 Å². The van der Waals surface area contributed by atoms with E-state index in [1.807, 2.05) is 35.1 Å². The second kappa shape index (κ2) is 26.1. The Morgan fingerprint density at radius 3 is 1.38 bits per heavy atom. The van der Waals surface area contributed by atoms with Gasteiger partial charge in [0.25, 0.3) is 0 Å². The topological polar surface area (TPSA) is 48.8 Å². The van der Waals surface area contributed by atoms with Crippen molar-refractivity contribution in [3.05, 3.63) is 338 Å². The smallest absolute Gasteiger partial charge is 0.233 e. The van der Waals surface area contributed by atoms with Gasteiger partial charge in [0.05, 0.1) is 0 Å². The Morgan fingerprint density at radius 2 is 0.856 bits per heavy atom. The van der Waals surface area contributed by atoms with E-state index in [9.17, 15) is 0 Å². The molecule has 0 radical (unpaired) electrons. The third-order valence-electron chi connectivity index (χ3n) is 18.7. The van der Waals surface area contributed by atoms with Crippen LogP contribution in [0.25, 0.3) is 117 Å². The number of nitrogens with zero attached hydrogens (tertiary/aromatic N) is 5. The molecule has 0 spiro atoms. The number of ether oxygens (including phenoxy) is 1. The van der Waals surface area contributed by atoms with E-state index in [2.05, 4.69) is 350 Å². The van der Waals surface area contributed by atoms with Crippen LogP contribution in [0.1, 0.15) is 77.6 Å². The monoisotopic (exact) mass is 1430 g/mol. The van der Waals surface area contributed by atoms with Crippen LogP contribution in [0.2, 0.25) is 0 Å². The van der Waals surface area contributed by atoms with Crippen molar-refractivity contribution in [2.75, 3.05) is 0 Å². The standard InChI is InChI=1S/C90H73N5O.Pt/c1-88(2,3)73-54-74(89(4,5)6)56-76(55-73)93-60-94(75-38-26-39-77(58-75)96-78-44-45-82-81-40-24-25-43-83(81)95(84(82)59-78)85-57-72(46-47-91-85)90(7,8)71-36-22-13-23-37-71)92-87(93)86-79(69-50-65(61-28-14-9-15-29-61)48-66(51-69)62-30-16-10-17-31-62)41-27-42-80(86)70-52-67(63-32-18-11-19-33-63)49-68(53-70)64-34-20-12-21-35-64;/h9-57H,1-8H3;/q-2;. The maximum atomic E-state index is 6.92. The predicted octanol–water partition coefficient (Wildman–Crippen LogP) is 22.4. The quantitative estimate of drug-likeness (QED) is 0.0805. The van der Waals surface area contributed by atoms with Gasteiger partial charge in [0.15, 0.2) is 0 Å². The Bertz CT molecular complexity index is 5060. The fourth-order valence-electron chi connectivity index (χ4n) is 13.2. The van der Waals surface area contributed by atoms with Gasteiger partial charge in [0.2, 0.25) is 12.2 Å². The number of pyridine rings is 1. The predicted molar refractivity (Wildman–Crippen MR) is 394 cm³/mol. The third-order valence-corrected chi connectivity index (χ3v) is 18.7. The largest absolute Gasteiger partial charge is 0.510 e. The molecule has 97 heavy (non-hydrogen) atoms. The molecule has 15 rings (SSSR count). The Morgan fingerprint density at radius 1 is 0.381 bits per heavy atom. The molecule has 0 N–H and O–H groups in total. The van der Waals surface area contributed by atoms with E-state index in [-0.39, 0.29) is 37.3 Å². The number of fused-ring (bicyclic) bond motifs is 3. The van der Waals surface area contributed by atoms with Gasteiger partial charge in [-0.15, -0.1) is 29.7 Å². The van der Waals surface area contributed by atoms with Crippen LogP contribution in [0.4, 0.5) is 0 Å². The van der Waals surface area contributed by atoms with Crippen molar-refractivity contribution < 1.29 is 30.4 Å². The molecule has 0 unspecified atom stereocenters. The molecule has 0 aliphatic heterocycles. The van der Waals surface area contributed by atoms with Gasteiger partial charge >= 0.3 is 0 Å². The molecule has 0 bridgehead atoms. The summed E-state index contributed by atoms with van der Waals surface area (Å²) in [7, 11) is 0. The van der Waals surface area contributed by atoms with E-state index < -0.39 is 0 Å². The second-order valence-electron chi connectivity index (χ2n) is 27.6. The molecular formula is C90H73N5OPt-2. The summed E-state index contributed by atoms with van der Waals surface area (Å²) >= 11 is 0. The maximum Gasteiger partial charge on any atom is 0.233 e. The average molecular weight is 1440 g/mol. The summed E-state index contributed by atoms with van der Waals surface area (Å²) in [5.74, 6) is 2.53. The van der Waals surface area contributed by atoms with Gasteiger partial charge in [0, 0.05) is 60.9 Å². The molecule has 0 amide bonds. The zero-order valence-corrected chi connectivity index (χ0v) is 58.0. The molecule has 15 aromatic rings. The minimum absolute atomic E-state index is 0. The van der Waals surface area contributed by atoms with Gasteiger partial charge < -0.3 is 13.9 Å². The van der Waals surface area contributed by atoms with Gasteiger partial charge in [-0.3, -0.25) is 0 Å². The van der Waals surface area contributed by atoms with Gasteiger partial charge in [-0.05, 0) is 171 Å². The molecule has 3 heterocycles. The number of aromatic nitrogens is 5. The van der Waals surface area contributed by atoms with Crippen molar-refractivity contribution in [2.45, 2.75) is 71.6 Å². The number of para-hydroxylation sites is 1. The molecule has 6 nitrogen and oxygen atoms in total. The molecule has 3 aromatic heterocycles. The Labute approximate surface area is 584 Å².